The summed E-state index contributed by atoms with van der Waals surface area (Å²) < 4.78 is 24.2. The number of hydrogen-bond donors (Lipinski definition) is 2. The molecule has 0 heterocycles. The Hall–Kier alpha value is -1.56. The molecule has 2 N–H and O–H groups in total. The van der Waals surface area contributed by atoms with Crippen LogP contribution in [0.5, 0.6) is 0 Å². The maximum Gasteiger partial charge on any atom is 0.405 e. The molecule has 1 amide bonds. The summed E-state index contributed by atoms with van der Waals surface area (Å²) in [7, 11) is -3.65. The monoisotopic (exact) mass is 257 g/mol. The molecule has 0 aliphatic heterocycles. The molecular weight excluding hydrogens is 242 g/mol. The Morgan fingerprint density at radius 2 is 1.88 bits per heavy atom. The van der Waals surface area contributed by atoms with Crippen molar-refractivity contribution in [3.8, 4) is 0 Å². The van der Waals surface area contributed by atoms with E-state index in [0.717, 1.165) is 5.56 Å². The molecule has 0 aliphatic rings. The minimum Gasteiger partial charge on any atom is -0.465 e. The number of amides is 1. The SMILES string of the molecule is CCC(NC(=O)O)S(=O)(=O)c1ccc(C)cc1. The lowest BCUT2D eigenvalue weighted by Gasteiger charge is -2.15. The van der Waals surface area contributed by atoms with E-state index in [-0.39, 0.29) is 11.3 Å². The maximum atomic E-state index is 12.1. The average Bonchev–Trinajstić information content (AvgIpc) is 2.26. The van der Waals surface area contributed by atoms with Crippen LogP contribution in [-0.2, 0) is 9.84 Å². The summed E-state index contributed by atoms with van der Waals surface area (Å²) in [5.74, 6) is 0. The van der Waals surface area contributed by atoms with Gasteiger partial charge in [0.05, 0.1) is 4.90 Å². The second-order valence-corrected chi connectivity index (χ2v) is 5.83. The number of nitrogens with one attached hydrogen (secondary N) is 1. The smallest absolute Gasteiger partial charge is 0.405 e. The Morgan fingerprint density at radius 3 is 2.29 bits per heavy atom. The van der Waals surface area contributed by atoms with Gasteiger partial charge in [0.25, 0.3) is 0 Å². The lowest BCUT2D eigenvalue weighted by Crippen LogP contribution is -2.39. The Labute approximate surface area is 100 Å². The highest BCUT2D eigenvalue weighted by Gasteiger charge is 2.27. The van der Waals surface area contributed by atoms with E-state index < -0.39 is 21.3 Å². The number of carboxylic acid groups (broad SMARTS) is 1. The number of aryl methyl sites for hydroxylation is 1. The largest absolute Gasteiger partial charge is 0.465 e. The van der Waals surface area contributed by atoms with Crippen LogP contribution in [0.15, 0.2) is 29.2 Å². The molecule has 1 aromatic carbocycles. The molecule has 1 unspecified atom stereocenters. The molecule has 0 aromatic heterocycles. The van der Waals surface area contributed by atoms with Crippen LogP contribution in [-0.4, -0.2) is 25.0 Å². The van der Waals surface area contributed by atoms with Crippen molar-refractivity contribution in [3.05, 3.63) is 29.8 Å². The van der Waals surface area contributed by atoms with Gasteiger partial charge in [0.15, 0.2) is 9.84 Å². The lowest BCUT2D eigenvalue weighted by molar-refractivity contribution is 0.193. The Kier molecular flexibility index (Phi) is 4.11. The first-order chi connectivity index (χ1) is 7.87. The third-order valence-corrected chi connectivity index (χ3v) is 4.51. The molecule has 0 radical (unpaired) electrons. The van der Waals surface area contributed by atoms with Crippen LogP contribution in [0.2, 0.25) is 0 Å². The normalized spacial score (nSPS) is 13.1. The van der Waals surface area contributed by atoms with E-state index >= 15 is 0 Å². The lowest BCUT2D eigenvalue weighted by atomic mass is 10.2. The fraction of sp³-hybridized carbons (Fsp3) is 0.364. The van der Waals surface area contributed by atoms with Gasteiger partial charge in [-0.1, -0.05) is 24.6 Å². The highest BCUT2D eigenvalue weighted by Crippen LogP contribution is 2.17. The van der Waals surface area contributed by atoms with Gasteiger partial charge in [-0.3, -0.25) is 0 Å². The van der Waals surface area contributed by atoms with Crippen molar-refractivity contribution in [1.82, 2.24) is 5.32 Å². The van der Waals surface area contributed by atoms with Crippen molar-refractivity contribution in [1.29, 1.82) is 0 Å². The van der Waals surface area contributed by atoms with Crippen molar-refractivity contribution in [2.75, 3.05) is 0 Å². The summed E-state index contributed by atoms with van der Waals surface area (Å²) in [6.45, 7) is 3.47. The second-order valence-electron chi connectivity index (χ2n) is 3.70. The van der Waals surface area contributed by atoms with Crippen LogP contribution in [0, 0.1) is 6.92 Å². The Morgan fingerprint density at radius 1 is 1.35 bits per heavy atom. The van der Waals surface area contributed by atoms with Crippen molar-refractivity contribution >= 4 is 15.9 Å². The molecule has 17 heavy (non-hydrogen) atoms. The van der Waals surface area contributed by atoms with Crippen LogP contribution in [0.1, 0.15) is 18.9 Å². The molecule has 6 heteroatoms. The minimum atomic E-state index is -3.65. The summed E-state index contributed by atoms with van der Waals surface area (Å²) in [6.07, 6.45) is -1.16. The Balaban J connectivity index is 3.08. The standard InChI is InChI=1S/C11H15NO4S/c1-3-10(12-11(13)14)17(15,16)9-6-4-8(2)5-7-9/h4-7,10,12H,3H2,1-2H3,(H,13,14). The molecule has 1 aromatic rings. The zero-order valence-corrected chi connectivity index (χ0v) is 10.5. The first-order valence-corrected chi connectivity index (χ1v) is 6.72. The number of rotatable bonds is 4. The fourth-order valence-electron chi connectivity index (χ4n) is 1.43. The molecule has 0 saturated heterocycles. The van der Waals surface area contributed by atoms with Crippen molar-refractivity contribution in [2.45, 2.75) is 30.5 Å². The molecule has 0 saturated carbocycles. The highest BCUT2D eigenvalue weighted by molar-refractivity contribution is 7.92. The van der Waals surface area contributed by atoms with Gasteiger partial charge >= 0.3 is 6.09 Å². The molecule has 1 rings (SSSR count). The Bertz CT molecular complexity index is 493. The van der Waals surface area contributed by atoms with Crippen LogP contribution >= 0.6 is 0 Å². The van der Waals surface area contributed by atoms with Gasteiger partial charge in [-0.2, -0.15) is 0 Å². The van der Waals surface area contributed by atoms with Gasteiger partial charge < -0.3 is 10.4 Å². The van der Waals surface area contributed by atoms with Gasteiger partial charge in [-0.25, -0.2) is 13.2 Å². The molecule has 0 aliphatic carbocycles. The third-order valence-electron chi connectivity index (χ3n) is 2.38. The minimum absolute atomic E-state index is 0.128. The highest BCUT2D eigenvalue weighted by atomic mass is 32.2. The van der Waals surface area contributed by atoms with Crippen molar-refractivity contribution < 1.29 is 18.3 Å². The fourth-order valence-corrected chi connectivity index (χ4v) is 2.97. The van der Waals surface area contributed by atoms with Crippen molar-refractivity contribution in [3.63, 3.8) is 0 Å². The van der Waals surface area contributed by atoms with Gasteiger partial charge in [0.2, 0.25) is 0 Å². The van der Waals surface area contributed by atoms with E-state index in [4.69, 9.17) is 5.11 Å². The number of sulfone groups is 1. The first-order valence-electron chi connectivity index (χ1n) is 5.18. The van der Waals surface area contributed by atoms with Gasteiger partial charge in [0.1, 0.15) is 5.37 Å². The molecule has 0 fully saturated rings. The van der Waals surface area contributed by atoms with Gasteiger partial charge in [-0.05, 0) is 25.5 Å². The van der Waals surface area contributed by atoms with E-state index in [1.165, 1.54) is 12.1 Å². The molecule has 94 valence electrons. The van der Waals surface area contributed by atoms with E-state index in [2.05, 4.69) is 0 Å². The molecule has 0 bridgehead atoms. The zero-order chi connectivity index (χ0) is 13.1. The van der Waals surface area contributed by atoms with E-state index in [9.17, 15) is 13.2 Å². The van der Waals surface area contributed by atoms with E-state index in [0.29, 0.717) is 0 Å². The van der Waals surface area contributed by atoms with Gasteiger partial charge in [0, 0.05) is 0 Å². The van der Waals surface area contributed by atoms with Crippen LogP contribution in [0.25, 0.3) is 0 Å². The quantitative estimate of drug-likeness (QED) is 0.861. The predicted octanol–water partition coefficient (Wildman–Crippen LogP) is 1.77. The first kappa shape index (κ1) is 13.5. The van der Waals surface area contributed by atoms with E-state index in [1.54, 1.807) is 19.1 Å². The summed E-state index contributed by atoms with van der Waals surface area (Å²) in [4.78, 5) is 10.7. The zero-order valence-electron chi connectivity index (χ0n) is 9.67. The van der Waals surface area contributed by atoms with Crippen molar-refractivity contribution in [2.24, 2.45) is 0 Å². The molecule has 5 nitrogen and oxygen atoms in total. The second kappa shape index (κ2) is 5.18. The average molecular weight is 257 g/mol. The summed E-state index contributed by atoms with van der Waals surface area (Å²) in [6, 6.07) is 6.33. The molecule has 0 spiro atoms. The van der Waals surface area contributed by atoms with Crippen LogP contribution < -0.4 is 5.32 Å². The topological polar surface area (TPSA) is 83.5 Å². The number of hydrogen-bond acceptors (Lipinski definition) is 3. The molecule has 1 atom stereocenters. The molecular formula is C11H15NO4S. The van der Waals surface area contributed by atoms with Gasteiger partial charge in [-0.15, -0.1) is 0 Å². The summed E-state index contributed by atoms with van der Waals surface area (Å²) >= 11 is 0. The van der Waals surface area contributed by atoms with Crippen LogP contribution in [0.4, 0.5) is 4.79 Å². The third kappa shape index (κ3) is 3.20. The number of carbonyl (C=O) groups is 1. The van der Waals surface area contributed by atoms with E-state index in [1.807, 2.05) is 12.2 Å². The maximum absolute atomic E-state index is 12.1. The van der Waals surface area contributed by atoms with Crippen LogP contribution in [0.3, 0.4) is 0 Å². The number of benzene rings is 1. The summed E-state index contributed by atoms with van der Waals surface area (Å²) in [5.41, 5.74) is 0.947. The summed E-state index contributed by atoms with van der Waals surface area (Å²) in [5, 5.41) is 9.50. The predicted molar refractivity (Wildman–Crippen MR) is 63.6 cm³/mol.